The van der Waals surface area contributed by atoms with E-state index in [4.69, 9.17) is 42.8 Å². The van der Waals surface area contributed by atoms with Gasteiger partial charge in [-0.3, -0.25) is 4.79 Å². The van der Waals surface area contributed by atoms with Crippen molar-refractivity contribution >= 4 is 68.4 Å². The lowest BCUT2D eigenvalue weighted by atomic mass is 9.94. The van der Waals surface area contributed by atoms with Crippen LogP contribution in [0.15, 0.2) is 75.5 Å². The Morgan fingerprint density at radius 3 is 2.60 bits per heavy atom. The first-order valence-corrected chi connectivity index (χ1v) is 16.1. The number of halogens is 3. The Balaban J connectivity index is 1.54. The monoisotopic (exact) mass is 701 g/mol. The number of hydrogen-bond acceptors (Lipinski definition) is 7. The van der Waals surface area contributed by atoms with Gasteiger partial charge in [0.2, 0.25) is 11.1 Å². The van der Waals surface area contributed by atoms with E-state index < -0.39 is 6.04 Å². The van der Waals surface area contributed by atoms with Crippen LogP contribution in [0.5, 0.6) is 11.5 Å². The van der Waals surface area contributed by atoms with Gasteiger partial charge in [-0.25, -0.2) is 4.68 Å². The molecule has 0 aliphatic carbocycles. The highest BCUT2D eigenvalue weighted by Gasteiger charge is 2.35. The number of aryl methyl sites for hydroxylation is 1. The average molecular weight is 703 g/mol. The molecule has 0 fully saturated rings. The minimum atomic E-state index is -0.602. The van der Waals surface area contributed by atoms with Crippen LogP contribution in [0.3, 0.4) is 0 Å². The van der Waals surface area contributed by atoms with Crippen LogP contribution in [0.1, 0.15) is 43.0 Å². The molecule has 4 aromatic rings. The molecular weight excluding hydrogens is 673 g/mol. The van der Waals surface area contributed by atoms with E-state index in [1.165, 1.54) is 0 Å². The molecule has 1 aromatic heterocycles. The number of nitrogens with one attached hydrogen (secondary N) is 2. The Hall–Kier alpha value is -3.18. The second kappa shape index (κ2) is 13.6. The van der Waals surface area contributed by atoms with E-state index in [2.05, 4.69) is 33.5 Å². The van der Waals surface area contributed by atoms with Crippen molar-refractivity contribution < 1.29 is 14.3 Å². The Kier molecular flexibility index (Phi) is 9.91. The predicted molar refractivity (Wildman–Crippen MR) is 177 cm³/mol. The van der Waals surface area contributed by atoms with Crippen LogP contribution < -0.4 is 20.1 Å². The highest BCUT2D eigenvalue weighted by atomic mass is 79.9. The Morgan fingerprint density at radius 1 is 1.14 bits per heavy atom. The summed E-state index contributed by atoms with van der Waals surface area (Å²) in [4.78, 5) is 18.6. The fraction of sp³-hybridized carbons (Fsp3) is 0.258. The van der Waals surface area contributed by atoms with Gasteiger partial charge < -0.3 is 20.1 Å². The van der Waals surface area contributed by atoms with E-state index in [0.717, 1.165) is 28.9 Å². The van der Waals surface area contributed by atoms with Crippen molar-refractivity contribution in [3.63, 3.8) is 0 Å². The molecule has 224 valence electrons. The Morgan fingerprint density at radius 2 is 1.91 bits per heavy atom. The van der Waals surface area contributed by atoms with Crippen molar-refractivity contribution in [1.29, 1.82) is 0 Å². The maximum absolute atomic E-state index is 13.9. The van der Waals surface area contributed by atoms with E-state index in [-0.39, 0.29) is 12.5 Å². The van der Waals surface area contributed by atoms with Crippen molar-refractivity contribution in [1.82, 2.24) is 14.8 Å². The topological polar surface area (TPSA) is 90.3 Å². The average Bonchev–Trinajstić information content (AvgIpc) is 3.38. The summed E-state index contributed by atoms with van der Waals surface area (Å²) in [7, 11) is 1.57. The lowest BCUT2D eigenvalue weighted by Crippen LogP contribution is -2.31. The van der Waals surface area contributed by atoms with E-state index in [1.54, 1.807) is 35.7 Å². The van der Waals surface area contributed by atoms with Gasteiger partial charge >= 0.3 is 0 Å². The van der Waals surface area contributed by atoms with E-state index >= 15 is 0 Å². The van der Waals surface area contributed by atoms with Gasteiger partial charge in [-0.2, -0.15) is 4.98 Å². The minimum Gasteiger partial charge on any atom is -0.493 e. The zero-order chi connectivity index (χ0) is 30.7. The number of aromatic nitrogens is 3. The Labute approximate surface area is 273 Å². The largest absolute Gasteiger partial charge is 0.493 e. The first kappa shape index (κ1) is 31.3. The summed E-state index contributed by atoms with van der Waals surface area (Å²) in [6.45, 7) is 6.18. The number of carbonyl (C=O) groups excluding carboxylic acids is 1. The van der Waals surface area contributed by atoms with Gasteiger partial charge in [0.15, 0.2) is 11.5 Å². The number of ether oxygens (including phenoxy) is 2. The maximum atomic E-state index is 13.9. The van der Waals surface area contributed by atoms with Gasteiger partial charge in [0.25, 0.3) is 5.91 Å². The van der Waals surface area contributed by atoms with Gasteiger partial charge in [0.1, 0.15) is 12.6 Å². The molecular formula is C31H30BrCl2N5O3S. The van der Waals surface area contributed by atoms with Crippen LogP contribution in [-0.4, -0.2) is 33.5 Å². The molecule has 8 nitrogen and oxygen atoms in total. The second-order valence-electron chi connectivity index (χ2n) is 9.96. The number of methoxy groups -OCH3 is 1. The summed E-state index contributed by atoms with van der Waals surface area (Å²) in [5.74, 6) is 2.16. The van der Waals surface area contributed by atoms with Gasteiger partial charge in [0.05, 0.1) is 17.2 Å². The molecule has 1 aliphatic heterocycles. The number of carbonyl (C=O) groups is 1. The van der Waals surface area contributed by atoms with Crippen LogP contribution in [0.2, 0.25) is 10.0 Å². The van der Waals surface area contributed by atoms with Gasteiger partial charge in [-0.1, -0.05) is 65.7 Å². The molecule has 5 rings (SSSR count). The molecule has 1 atom stereocenters. The molecule has 1 unspecified atom stereocenters. The molecule has 0 bridgehead atoms. The summed E-state index contributed by atoms with van der Waals surface area (Å²) in [6, 6.07) is 16.1. The summed E-state index contributed by atoms with van der Waals surface area (Å²) < 4.78 is 14.3. The molecule has 1 aliphatic rings. The van der Waals surface area contributed by atoms with Gasteiger partial charge in [-0.15, -0.1) is 5.10 Å². The summed E-state index contributed by atoms with van der Waals surface area (Å²) in [6.07, 6.45) is 0.986. The zero-order valence-corrected chi connectivity index (χ0v) is 27.9. The minimum absolute atomic E-state index is 0.201. The number of anilines is 2. The lowest BCUT2D eigenvalue weighted by Gasteiger charge is -2.29. The van der Waals surface area contributed by atoms with Gasteiger partial charge in [0, 0.05) is 32.7 Å². The number of nitrogens with zero attached hydrogens (tertiary/aromatic N) is 3. The van der Waals surface area contributed by atoms with Crippen molar-refractivity contribution in [3.05, 3.63) is 97.1 Å². The molecule has 3 aromatic carbocycles. The fourth-order valence-electron chi connectivity index (χ4n) is 4.65. The molecule has 0 saturated carbocycles. The van der Waals surface area contributed by atoms with Crippen LogP contribution >= 0.6 is 50.9 Å². The summed E-state index contributed by atoms with van der Waals surface area (Å²) >= 11 is 17.7. The van der Waals surface area contributed by atoms with Crippen LogP contribution in [0.4, 0.5) is 11.6 Å². The number of thioether (sulfide) groups is 1. The third-order valence-electron chi connectivity index (χ3n) is 6.78. The molecule has 0 radical (unpaired) electrons. The number of amides is 1. The maximum Gasteiger partial charge on any atom is 0.255 e. The van der Waals surface area contributed by atoms with E-state index in [0.29, 0.717) is 54.1 Å². The summed E-state index contributed by atoms with van der Waals surface area (Å²) in [5, 5.41) is 12.8. The van der Waals surface area contributed by atoms with E-state index in [1.807, 2.05) is 56.3 Å². The molecule has 12 heteroatoms. The molecule has 1 amide bonds. The standard InChI is InChI=1S/C31H30BrCl2N5O3S/c1-5-12-43-31-37-30-35-18(3)26(29(40)36-22-10-6-17(2)7-11-22)27(39(30)38-31)20-13-23(32)28(25(14-20)41-4)42-16-19-8-9-21(33)15-24(19)34/h6-11,13-15,27H,5,12,16H2,1-4H3,(H,36,40)(H,35,37,38). The Bertz CT molecular complexity index is 1690. The predicted octanol–water partition coefficient (Wildman–Crippen LogP) is 8.67. The number of rotatable bonds is 10. The number of benzene rings is 3. The van der Waals surface area contributed by atoms with Crippen LogP contribution in [0.25, 0.3) is 0 Å². The molecule has 2 heterocycles. The van der Waals surface area contributed by atoms with Crippen molar-refractivity contribution in [2.75, 3.05) is 23.5 Å². The quantitative estimate of drug-likeness (QED) is 0.160. The van der Waals surface area contributed by atoms with Crippen molar-refractivity contribution in [2.45, 2.75) is 45.0 Å². The number of hydrogen-bond donors (Lipinski definition) is 2. The number of allylic oxidation sites excluding steroid dienone is 1. The molecule has 43 heavy (non-hydrogen) atoms. The van der Waals surface area contributed by atoms with Crippen LogP contribution in [-0.2, 0) is 11.4 Å². The number of fused-ring (bicyclic) bond motifs is 1. The smallest absolute Gasteiger partial charge is 0.255 e. The molecule has 0 saturated heterocycles. The normalized spacial score (nSPS) is 14.3. The van der Waals surface area contributed by atoms with Crippen molar-refractivity contribution in [2.24, 2.45) is 0 Å². The molecule has 2 N–H and O–H groups in total. The second-order valence-corrected chi connectivity index (χ2v) is 12.7. The molecule has 0 spiro atoms. The summed E-state index contributed by atoms with van der Waals surface area (Å²) in [5.41, 5.74) is 4.51. The fourth-order valence-corrected chi connectivity index (χ4v) is 6.37. The van der Waals surface area contributed by atoms with E-state index in [9.17, 15) is 4.79 Å². The highest BCUT2D eigenvalue weighted by molar-refractivity contribution is 9.10. The van der Waals surface area contributed by atoms with Crippen LogP contribution in [0, 0.1) is 6.92 Å². The zero-order valence-electron chi connectivity index (χ0n) is 24.0. The highest BCUT2D eigenvalue weighted by Crippen LogP contribution is 2.43. The lowest BCUT2D eigenvalue weighted by molar-refractivity contribution is -0.113. The van der Waals surface area contributed by atoms with Crippen molar-refractivity contribution in [3.8, 4) is 11.5 Å². The van der Waals surface area contributed by atoms with Gasteiger partial charge in [-0.05, 0) is 78.2 Å². The third kappa shape index (κ3) is 6.98. The third-order valence-corrected chi connectivity index (χ3v) is 9.00. The first-order valence-electron chi connectivity index (χ1n) is 13.6. The first-order chi connectivity index (χ1) is 20.7. The SMILES string of the molecule is CCCSc1nc2n(n1)C(c1cc(Br)c(OCc3ccc(Cl)cc3Cl)c(OC)c1)C(C(=O)Nc1ccc(C)cc1)=C(C)N2.